The third-order valence-corrected chi connectivity index (χ3v) is 3.81. The van der Waals surface area contributed by atoms with Crippen LogP contribution in [0.5, 0.6) is 5.75 Å². The van der Waals surface area contributed by atoms with Crippen LogP contribution in [0.4, 0.5) is 5.69 Å². The van der Waals surface area contributed by atoms with E-state index in [4.69, 9.17) is 9.47 Å². The summed E-state index contributed by atoms with van der Waals surface area (Å²) < 4.78 is 10.3. The number of carbonyl (C=O) groups excluding carboxylic acids is 2. The van der Waals surface area contributed by atoms with Crippen molar-refractivity contribution in [3.63, 3.8) is 0 Å². The molecule has 130 valence electrons. The first-order valence-corrected chi connectivity index (χ1v) is 7.95. The van der Waals surface area contributed by atoms with E-state index in [2.05, 4.69) is 12.2 Å². The number of amides is 1. The summed E-state index contributed by atoms with van der Waals surface area (Å²) in [6.45, 7) is 5.10. The lowest BCUT2D eigenvalue weighted by atomic mass is 9.96. The van der Waals surface area contributed by atoms with Gasteiger partial charge >= 0.3 is 5.97 Å². The Labute approximate surface area is 142 Å². The van der Waals surface area contributed by atoms with Crippen LogP contribution in [0.2, 0.25) is 0 Å². The summed E-state index contributed by atoms with van der Waals surface area (Å²) in [6, 6.07) is 6.47. The second-order valence-corrected chi connectivity index (χ2v) is 5.76. The van der Waals surface area contributed by atoms with Gasteiger partial charge in [-0.3, -0.25) is 9.59 Å². The van der Waals surface area contributed by atoms with Crippen LogP contribution in [0.15, 0.2) is 18.2 Å². The molecule has 6 heteroatoms. The number of rotatable bonds is 8. The minimum absolute atomic E-state index is 0.217. The number of nitrogens with zero attached hydrogens (tertiary/aromatic N) is 1. The SMILES string of the molecule is CCCCC[C@](C)(OC)C(=O)Nc1ccc(OC(C)=O)cc1C#N. The summed E-state index contributed by atoms with van der Waals surface area (Å²) in [6.07, 6.45) is 3.55. The molecule has 0 bridgehead atoms. The van der Waals surface area contributed by atoms with E-state index in [0.29, 0.717) is 12.1 Å². The molecule has 6 nitrogen and oxygen atoms in total. The monoisotopic (exact) mass is 332 g/mol. The molecule has 0 unspecified atom stereocenters. The fraction of sp³-hybridized carbons (Fsp3) is 0.500. The Morgan fingerprint density at radius 2 is 2.04 bits per heavy atom. The van der Waals surface area contributed by atoms with Gasteiger partial charge in [-0.1, -0.05) is 26.2 Å². The van der Waals surface area contributed by atoms with Crippen molar-refractivity contribution < 1.29 is 19.1 Å². The second kappa shape index (κ2) is 9.04. The molecule has 1 aromatic carbocycles. The number of esters is 1. The molecule has 1 atom stereocenters. The van der Waals surface area contributed by atoms with Gasteiger partial charge in [0.1, 0.15) is 17.4 Å². The highest BCUT2D eigenvalue weighted by Crippen LogP contribution is 2.25. The zero-order valence-electron chi connectivity index (χ0n) is 14.6. The average molecular weight is 332 g/mol. The quantitative estimate of drug-likeness (QED) is 0.448. The van der Waals surface area contributed by atoms with E-state index in [1.807, 2.05) is 6.07 Å². The molecule has 0 radical (unpaired) electrons. The Hall–Kier alpha value is -2.39. The molecular formula is C18H24N2O4. The number of nitrogens with one attached hydrogen (secondary N) is 1. The van der Waals surface area contributed by atoms with Crippen LogP contribution in [0, 0.1) is 11.3 Å². The van der Waals surface area contributed by atoms with Crippen molar-refractivity contribution in [1.82, 2.24) is 0 Å². The zero-order chi connectivity index (χ0) is 18.2. The Balaban J connectivity index is 2.92. The molecule has 0 spiro atoms. The van der Waals surface area contributed by atoms with E-state index in [1.54, 1.807) is 6.92 Å². The number of methoxy groups -OCH3 is 1. The van der Waals surface area contributed by atoms with Gasteiger partial charge in [-0.2, -0.15) is 5.26 Å². The fourth-order valence-corrected chi connectivity index (χ4v) is 2.23. The summed E-state index contributed by atoms with van der Waals surface area (Å²) >= 11 is 0. The standard InChI is InChI=1S/C18H24N2O4/c1-5-6-7-10-18(3,23-4)17(22)20-16-9-8-15(24-13(2)21)11-14(16)12-19/h8-9,11H,5-7,10H2,1-4H3,(H,20,22)/t18-/m0/s1. The molecule has 0 heterocycles. The number of ether oxygens (including phenoxy) is 2. The van der Waals surface area contributed by atoms with Crippen molar-refractivity contribution in [1.29, 1.82) is 5.26 Å². The summed E-state index contributed by atoms with van der Waals surface area (Å²) in [7, 11) is 1.50. The van der Waals surface area contributed by atoms with Crippen molar-refractivity contribution in [2.24, 2.45) is 0 Å². The molecule has 0 saturated heterocycles. The molecule has 0 aliphatic rings. The maximum atomic E-state index is 12.6. The predicted octanol–water partition coefficient (Wildman–Crippen LogP) is 3.41. The van der Waals surface area contributed by atoms with E-state index in [0.717, 1.165) is 19.3 Å². The van der Waals surface area contributed by atoms with Gasteiger partial charge in [0.25, 0.3) is 5.91 Å². The topological polar surface area (TPSA) is 88.4 Å². The highest BCUT2D eigenvalue weighted by atomic mass is 16.5. The molecule has 0 aliphatic carbocycles. The van der Waals surface area contributed by atoms with Crippen LogP contribution in [-0.2, 0) is 14.3 Å². The molecule has 0 aliphatic heterocycles. The van der Waals surface area contributed by atoms with Crippen LogP contribution >= 0.6 is 0 Å². The van der Waals surface area contributed by atoms with Crippen LogP contribution in [-0.4, -0.2) is 24.6 Å². The van der Waals surface area contributed by atoms with Crippen LogP contribution in [0.25, 0.3) is 0 Å². The van der Waals surface area contributed by atoms with E-state index >= 15 is 0 Å². The van der Waals surface area contributed by atoms with Gasteiger partial charge in [0.05, 0.1) is 11.3 Å². The number of benzene rings is 1. The number of anilines is 1. The highest BCUT2D eigenvalue weighted by Gasteiger charge is 2.32. The van der Waals surface area contributed by atoms with Gasteiger partial charge in [-0.05, 0) is 25.5 Å². The van der Waals surface area contributed by atoms with E-state index < -0.39 is 11.6 Å². The Kier molecular flexibility index (Phi) is 7.40. The van der Waals surface area contributed by atoms with Gasteiger partial charge in [0.2, 0.25) is 0 Å². The minimum Gasteiger partial charge on any atom is -0.427 e. The molecule has 1 N–H and O–H groups in total. The maximum absolute atomic E-state index is 12.6. The third kappa shape index (κ3) is 5.36. The van der Waals surface area contributed by atoms with Gasteiger partial charge < -0.3 is 14.8 Å². The molecular weight excluding hydrogens is 308 g/mol. The van der Waals surface area contributed by atoms with Crippen LogP contribution in [0.1, 0.15) is 52.0 Å². The largest absolute Gasteiger partial charge is 0.427 e. The normalized spacial score (nSPS) is 12.8. The first kappa shape index (κ1) is 19.7. The maximum Gasteiger partial charge on any atom is 0.308 e. The second-order valence-electron chi connectivity index (χ2n) is 5.76. The first-order chi connectivity index (χ1) is 11.4. The predicted molar refractivity (Wildman–Crippen MR) is 90.7 cm³/mol. The van der Waals surface area contributed by atoms with Crippen LogP contribution < -0.4 is 10.1 Å². The Morgan fingerprint density at radius 3 is 2.58 bits per heavy atom. The number of carbonyl (C=O) groups is 2. The summed E-state index contributed by atoms with van der Waals surface area (Å²) in [5.74, 6) is -0.522. The van der Waals surface area contributed by atoms with Crippen molar-refractivity contribution in [3.8, 4) is 11.8 Å². The van der Waals surface area contributed by atoms with E-state index in [1.165, 1.54) is 32.2 Å². The fourth-order valence-electron chi connectivity index (χ4n) is 2.23. The number of unbranched alkanes of at least 4 members (excludes halogenated alkanes) is 2. The smallest absolute Gasteiger partial charge is 0.308 e. The van der Waals surface area contributed by atoms with Crippen LogP contribution in [0.3, 0.4) is 0 Å². The van der Waals surface area contributed by atoms with Gasteiger partial charge in [0, 0.05) is 20.1 Å². The Morgan fingerprint density at radius 1 is 1.33 bits per heavy atom. The number of nitriles is 1. The van der Waals surface area contributed by atoms with Crippen molar-refractivity contribution in [3.05, 3.63) is 23.8 Å². The number of hydrogen-bond acceptors (Lipinski definition) is 5. The first-order valence-electron chi connectivity index (χ1n) is 7.95. The lowest BCUT2D eigenvalue weighted by Crippen LogP contribution is -2.42. The minimum atomic E-state index is -0.962. The third-order valence-electron chi connectivity index (χ3n) is 3.81. The molecule has 0 aromatic heterocycles. The van der Waals surface area contributed by atoms with E-state index in [9.17, 15) is 14.9 Å². The molecule has 0 fully saturated rings. The number of hydrogen-bond donors (Lipinski definition) is 1. The lowest BCUT2D eigenvalue weighted by Gasteiger charge is -2.27. The van der Waals surface area contributed by atoms with Crippen molar-refractivity contribution in [2.45, 2.75) is 52.1 Å². The Bertz CT molecular complexity index is 636. The van der Waals surface area contributed by atoms with Gasteiger partial charge in [0.15, 0.2) is 0 Å². The summed E-state index contributed by atoms with van der Waals surface area (Å²) in [5.41, 5.74) is -0.387. The summed E-state index contributed by atoms with van der Waals surface area (Å²) in [4.78, 5) is 23.5. The molecule has 1 amide bonds. The molecule has 1 aromatic rings. The molecule has 1 rings (SSSR count). The average Bonchev–Trinajstić information content (AvgIpc) is 2.55. The van der Waals surface area contributed by atoms with Gasteiger partial charge in [-0.25, -0.2) is 0 Å². The van der Waals surface area contributed by atoms with Crippen molar-refractivity contribution >= 4 is 17.6 Å². The zero-order valence-corrected chi connectivity index (χ0v) is 14.6. The summed E-state index contributed by atoms with van der Waals surface area (Å²) in [5, 5.41) is 12.0. The van der Waals surface area contributed by atoms with Gasteiger partial charge in [-0.15, -0.1) is 0 Å². The molecule has 0 saturated carbocycles. The van der Waals surface area contributed by atoms with E-state index in [-0.39, 0.29) is 17.2 Å². The van der Waals surface area contributed by atoms with Crippen molar-refractivity contribution in [2.75, 3.05) is 12.4 Å². The lowest BCUT2D eigenvalue weighted by molar-refractivity contribution is -0.136. The highest BCUT2D eigenvalue weighted by molar-refractivity contribution is 5.98. The molecule has 24 heavy (non-hydrogen) atoms.